The summed E-state index contributed by atoms with van der Waals surface area (Å²) < 4.78 is 37.1. The Morgan fingerprint density at radius 3 is 2.26 bits per heavy atom. The average molecular weight is 283 g/mol. The predicted octanol–water partition coefficient (Wildman–Crippen LogP) is 1.50. The van der Waals surface area contributed by atoms with Gasteiger partial charge in [-0.05, 0) is 46.3 Å². The molecule has 1 unspecified atom stereocenters. The first-order valence-electron chi connectivity index (χ1n) is 6.42. The van der Waals surface area contributed by atoms with Crippen LogP contribution in [-0.4, -0.2) is 49.2 Å². The summed E-state index contributed by atoms with van der Waals surface area (Å²) in [6.07, 6.45) is -2.63. The van der Waals surface area contributed by atoms with Gasteiger partial charge in [0.2, 0.25) is 5.91 Å². The summed E-state index contributed by atoms with van der Waals surface area (Å²) in [5, 5.41) is 2.82. The van der Waals surface area contributed by atoms with Crippen LogP contribution >= 0.6 is 0 Å². The molecule has 0 aliphatic rings. The number of amides is 1. The largest absolute Gasteiger partial charge is 0.401 e. The molecule has 0 fully saturated rings. The highest BCUT2D eigenvalue weighted by Gasteiger charge is 2.31. The molecule has 0 aromatic heterocycles. The number of likely N-dealkylation sites (N-methyl/N-ethyl adjacent to an activating group) is 1. The number of halogens is 3. The summed E-state index contributed by atoms with van der Waals surface area (Å²) in [6, 6.07) is 0. The number of carbonyl (C=O) groups is 1. The Balaban J connectivity index is 4.29. The van der Waals surface area contributed by atoms with E-state index in [-0.39, 0.29) is 0 Å². The van der Waals surface area contributed by atoms with Gasteiger partial charge in [-0.1, -0.05) is 6.92 Å². The molecule has 114 valence electrons. The first kappa shape index (κ1) is 18.2. The molecular weight excluding hydrogens is 259 g/mol. The highest BCUT2D eigenvalue weighted by Crippen LogP contribution is 2.18. The van der Waals surface area contributed by atoms with Crippen LogP contribution < -0.4 is 11.1 Å². The Kier molecular flexibility index (Phi) is 7.36. The van der Waals surface area contributed by atoms with E-state index >= 15 is 0 Å². The topological polar surface area (TPSA) is 58.4 Å². The number of alkyl halides is 3. The SMILES string of the molecule is CCCN(CCCC(C)(NC)C(N)=O)CC(F)(F)F. The van der Waals surface area contributed by atoms with Gasteiger partial charge in [0.25, 0.3) is 0 Å². The molecule has 0 aromatic rings. The molecule has 4 nitrogen and oxygen atoms in total. The monoisotopic (exact) mass is 283 g/mol. The third-order valence-corrected chi connectivity index (χ3v) is 3.19. The lowest BCUT2D eigenvalue weighted by molar-refractivity contribution is -0.146. The van der Waals surface area contributed by atoms with Crippen molar-refractivity contribution < 1.29 is 18.0 Å². The standard InChI is InChI=1S/C12H24F3N3O/c1-4-7-18(9-12(13,14)15)8-5-6-11(2,17-3)10(16)19/h17H,4-9H2,1-3H3,(H2,16,19). The number of hydrogen-bond donors (Lipinski definition) is 2. The van der Waals surface area contributed by atoms with E-state index in [0.717, 1.165) is 0 Å². The molecule has 0 radical (unpaired) electrons. The van der Waals surface area contributed by atoms with Crippen molar-refractivity contribution in [2.45, 2.75) is 44.8 Å². The maximum absolute atomic E-state index is 12.4. The molecule has 0 bridgehead atoms. The van der Waals surface area contributed by atoms with Gasteiger partial charge in [0, 0.05) is 0 Å². The van der Waals surface area contributed by atoms with E-state index in [9.17, 15) is 18.0 Å². The van der Waals surface area contributed by atoms with Crippen molar-refractivity contribution >= 4 is 5.91 Å². The quantitative estimate of drug-likeness (QED) is 0.674. The fourth-order valence-electron chi connectivity index (χ4n) is 1.87. The number of nitrogens with zero attached hydrogens (tertiary/aromatic N) is 1. The molecule has 0 aliphatic carbocycles. The van der Waals surface area contributed by atoms with E-state index < -0.39 is 24.2 Å². The molecule has 0 saturated carbocycles. The molecular formula is C12H24F3N3O. The molecule has 0 spiro atoms. The zero-order valence-electron chi connectivity index (χ0n) is 11.8. The Morgan fingerprint density at radius 2 is 1.89 bits per heavy atom. The summed E-state index contributed by atoms with van der Waals surface area (Å²) >= 11 is 0. The number of primary amides is 1. The maximum atomic E-state index is 12.4. The zero-order chi connectivity index (χ0) is 15.1. The maximum Gasteiger partial charge on any atom is 0.401 e. The van der Waals surface area contributed by atoms with E-state index in [1.807, 2.05) is 6.92 Å². The first-order chi connectivity index (χ1) is 8.64. The van der Waals surface area contributed by atoms with Crippen LogP contribution in [0, 0.1) is 0 Å². The highest BCUT2D eigenvalue weighted by atomic mass is 19.4. The van der Waals surface area contributed by atoms with Crippen LogP contribution in [0.15, 0.2) is 0 Å². The fourth-order valence-corrected chi connectivity index (χ4v) is 1.87. The van der Waals surface area contributed by atoms with Gasteiger partial charge in [-0.15, -0.1) is 0 Å². The minimum absolute atomic E-state index is 0.303. The second kappa shape index (κ2) is 7.69. The van der Waals surface area contributed by atoms with Crippen LogP contribution in [0.1, 0.15) is 33.1 Å². The van der Waals surface area contributed by atoms with Crippen molar-refractivity contribution in [1.29, 1.82) is 0 Å². The van der Waals surface area contributed by atoms with Crippen LogP contribution in [0.25, 0.3) is 0 Å². The highest BCUT2D eigenvalue weighted by molar-refractivity contribution is 5.84. The van der Waals surface area contributed by atoms with Crippen LogP contribution in [0.5, 0.6) is 0 Å². The third kappa shape index (κ3) is 7.37. The van der Waals surface area contributed by atoms with Crippen molar-refractivity contribution in [2.24, 2.45) is 5.73 Å². The van der Waals surface area contributed by atoms with Gasteiger partial charge >= 0.3 is 6.18 Å². The Hall–Kier alpha value is -0.820. The molecule has 0 aliphatic heterocycles. The smallest absolute Gasteiger partial charge is 0.368 e. The van der Waals surface area contributed by atoms with Crippen molar-refractivity contribution in [3.05, 3.63) is 0 Å². The van der Waals surface area contributed by atoms with Crippen molar-refractivity contribution in [2.75, 3.05) is 26.7 Å². The normalized spacial score (nSPS) is 15.5. The van der Waals surface area contributed by atoms with Gasteiger partial charge in [-0.25, -0.2) is 0 Å². The molecule has 0 heterocycles. The van der Waals surface area contributed by atoms with E-state index in [4.69, 9.17) is 5.73 Å². The Labute approximate surface area is 112 Å². The Morgan fingerprint density at radius 1 is 1.32 bits per heavy atom. The average Bonchev–Trinajstić information content (AvgIpc) is 2.26. The molecule has 0 aromatic carbocycles. The van der Waals surface area contributed by atoms with E-state index in [0.29, 0.717) is 32.4 Å². The minimum atomic E-state index is -4.19. The van der Waals surface area contributed by atoms with E-state index in [2.05, 4.69) is 5.32 Å². The number of hydrogen-bond acceptors (Lipinski definition) is 3. The summed E-state index contributed by atoms with van der Waals surface area (Å²) in [4.78, 5) is 12.6. The van der Waals surface area contributed by atoms with Crippen LogP contribution in [0.2, 0.25) is 0 Å². The summed E-state index contributed by atoms with van der Waals surface area (Å²) in [7, 11) is 1.62. The van der Waals surface area contributed by atoms with Gasteiger partial charge in [-0.2, -0.15) is 13.2 Å². The molecule has 0 saturated heterocycles. The molecule has 0 rings (SSSR count). The second-order valence-corrected chi connectivity index (χ2v) is 4.94. The molecule has 1 atom stereocenters. The van der Waals surface area contributed by atoms with E-state index in [1.54, 1.807) is 14.0 Å². The number of nitrogens with one attached hydrogen (secondary N) is 1. The number of carbonyl (C=O) groups excluding carboxylic acids is 1. The van der Waals surface area contributed by atoms with Gasteiger partial charge in [-0.3, -0.25) is 9.69 Å². The van der Waals surface area contributed by atoms with Crippen LogP contribution in [0.4, 0.5) is 13.2 Å². The molecule has 3 N–H and O–H groups in total. The van der Waals surface area contributed by atoms with Crippen molar-refractivity contribution in [1.82, 2.24) is 10.2 Å². The fraction of sp³-hybridized carbons (Fsp3) is 0.917. The molecule has 19 heavy (non-hydrogen) atoms. The Bertz CT molecular complexity index is 284. The lowest BCUT2D eigenvalue weighted by Crippen LogP contribution is -2.51. The summed E-state index contributed by atoms with van der Waals surface area (Å²) in [5.74, 6) is -0.493. The molecule has 1 amide bonds. The van der Waals surface area contributed by atoms with Gasteiger partial charge in [0.05, 0.1) is 12.1 Å². The van der Waals surface area contributed by atoms with Crippen molar-refractivity contribution in [3.63, 3.8) is 0 Å². The lowest BCUT2D eigenvalue weighted by atomic mass is 9.95. The zero-order valence-corrected chi connectivity index (χ0v) is 11.8. The minimum Gasteiger partial charge on any atom is -0.368 e. The van der Waals surface area contributed by atoms with Gasteiger partial charge in [0.1, 0.15) is 0 Å². The van der Waals surface area contributed by atoms with Crippen LogP contribution in [-0.2, 0) is 4.79 Å². The van der Waals surface area contributed by atoms with E-state index in [1.165, 1.54) is 4.90 Å². The number of nitrogens with two attached hydrogens (primary N) is 1. The predicted molar refractivity (Wildman–Crippen MR) is 68.7 cm³/mol. The van der Waals surface area contributed by atoms with Gasteiger partial charge in [0.15, 0.2) is 0 Å². The number of rotatable bonds is 9. The van der Waals surface area contributed by atoms with Gasteiger partial charge < -0.3 is 11.1 Å². The summed E-state index contributed by atoms with van der Waals surface area (Å²) in [5.41, 5.74) is 4.40. The third-order valence-electron chi connectivity index (χ3n) is 3.19. The summed E-state index contributed by atoms with van der Waals surface area (Å²) in [6.45, 7) is 3.28. The molecule has 7 heteroatoms. The van der Waals surface area contributed by atoms with Crippen LogP contribution in [0.3, 0.4) is 0 Å². The second-order valence-electron chi connectivity index (χ2n) is 4.94. The first-order valence-corrected chi connectivity index (χ1v) is 6.42. The van der Waals surface area contributed by atoms with Crippen molar-refractivity contribution in [3.8, 4) is 0 Å². The lowest BCUT2D eigenvalue weighted by Gasteiger charge is -2.28.